The summed E-state index contributed by atoms with van der Waals surface area (Å²) in [7, 11) is 1.37. The smallest absolute Gasteiger partial charge is 0.337 e. The van der Waals surface area contributed by atoms with Crippen LogP contribution in [-0.2, 0) is 11.2 Å². The summed E-state index contributed by atoms with van der Waals surface area (Å²) >= 11 is 0. The van der Waals surface area contributed by atoms with Crippen LogP contribution < -0.4 is 0 Å². The summed E-state index contributed by atoms with van der Waals surface area (Å²) in [6, 6.07) is 17.4. The van der Waals surface area contributed by atoms with E-state index in [2.05, 4.69) is 28.7 Å². The number of carbonyl (C=O) groups is 1. The lowest BCUT2D eigenvalue weighted by Gasteiger charge is -1.98. The molecule has 0 saturated carbocycles. The largest absolute Gasteiger partial charge is 0.465 e. The first-order valence-corrected chi connectivity index (χ1v) is 6.51. The number of aryl methyl sites for hydroxylation is 1. The predicted octanol–water partition coefficient (Wildman–Crippen LogP) is 3.46. The van der Waals surface area contributed by atoms with Crippen LogP contribution in [0.2, 0.25) is 0 Å². The van der Waals surface area contributed by atoms with Gasteiger partial charge >= 0.3 is 5.97 Å². The van der Waals surface area contributed by atoms with Gasteiger partial charge in [-0.25, -0.2) is 4.79 Å². The third-order valence-corrected chi connectivity index (χ3v) is 2.92. The van der Waals surface area contributed by atoms with Crippen molar-refractivity contribution in [2.75, 3.05) is 7.11 Å². The fourth-order valence-corrected chi connectivity index (χ4v) is 1.82. The Morgan fingerprint density at radius 1 is 1.05 bits per heavy atom. The molecule has 2 aromatic rings. The van der Waals surface area contributed by atoms with Crippen molar-refractivity contribution >= 4 is 5.97 Å². The Hall–Kier alpha value is -2.53. The third-order valence-electron chi connectivity index (χ3n) is 2.92. The molecule has 0 spiro atoms. The van der Waals surface area contributed by atoms with E-state index in [1.165, 1.54) is 12.7 Å². The monoisotopic (exact) mass is 264 g/mol. The molecule has 0 radical (unpaired) electrons. The molecule has 0 N–H and O–H groups in total. The van der Waals surface area contributed by atoms with E-state index in [9.17, 15) is 4.79 Å². The summed E-state index contributed by atoms with van der Waals surface area (Å²) in [6.07, 6.45) is 1.77. The maximum atomic E-state index is 11.3. The molecule has 0 aliphatic rings. The predicted molar refractivity (Wildman–Crippen MR) is 79.4 cm³/mol. The van der Waals surface area contributed by atoms with Crippen LogP contribution in [0.4, 0.5) is 0 Å². The van der Waals surface area contributed by atoms with Gasteiger partial charge in [-0.2, -0.15) is 0 Å². The zero-order chi connectivity index (χ0) is 14.2. The highest BCUT2D eigenvalue weighted by Gasteiger charge is 2.02. The van der Waals surface area contributed by atoms with Crippen molar-refractivity contribution in [3.8, 4) is 11.8 Å². The average Bonchev–Trinajstić information content (AvgIpc) is 2.52. The molecule has 2 nitrogen and oxygen atoms in total. The SMILES string of the molecule is COC(=O)c1ccc(C#CCCc2ccccc2)cc1. The van der Waals surface area contributed by atoms with Gasteiger partial charge in [-0.05, 0) is 36.2 Å². The number of ether oxygens (including phenoxy) is 1. The third kappa shape index (κ3) is 4.00. The number of hydrogen-bond donors (Lipinski definition) is 0. The topological polar surface area (TPSA) is 26.3 Å². The molecule has 0 aromatic heterocycles. The normalized spacial score (nSPS) is 9.45. The first kappa shape index (κ1) is 13.9. The Labute approximate surface area is 119 Å². The number of carbonyl (C=O) groups excluding carboxylic acids is 1. The van der Waals surface area contributed by atoms with Crippen molar-refractivity contribution in [3.05, 3.63) is 71.3 Å². The van der Waals surface area contributed by atoms with Crippen LogP contribution in [0.1, 0.15) is 27.9 Å². The molecule has 2 rings (SSSR count). The van der Waals surface area contributed by atoms with E-state index in [1.54, 1.807) is 12.1 Å². The highest BCUT2D eigenvalue weighted by atomic mass is 16.5. The molecule has 0 aliphatic heterocycles. The summed E-state index contributed by atoms with van der Waals surface area (Å²) in [6.45, 7) is 0. The maximum Gasteiger partial charge on any atom is 0.337 e. The van der Waals surface area contributed by atoms with Gasteiger partial charge in [-0.1, -0.05) is 42.2 Å². The van der Waals surface area contributed by atoms with Crippen LogP contribution in [0.3, 0.4) is 0 Å². The van der Waals surface area contributed by atoms with Gasteiger partial charge in [0.15, 0.2) is 0 Å². The van der Waals surface area contributed by atoms with Crippen molar-refractivity contribution in [2.24, 2.45) is 0 Å². The van der Waals surface area contributed by atoms with Crippen LogP contribution in [0.15, 0.2) is 54.6 Å². The molecule has 100 valence electrons. The Morgan fingerprint density at radius 2 is 1.75 bits per heavy atom. The first-order valence-electron chi connectivity index (χ1n) is 6.51. The van der Waals surface area contributed by atoms with Gasteiger partial charge in [0.1, 0.15) is 0 Å². The fraction of sp³-hybridized carbons (Fsp3) is 0.167. The lowest BCUT2D eigenvalue weighted by molar-refractivity contribution is 0.0601. The molecule has 0 bridgehead atoms. The summed E-state index contributed by atoms with van der Waals surface area (Å²) in [5.74, 6) is 5.92. The molecule has 0 heterocycles. The van der Waals surface area contributed by atoms with E-state index in [0.717, 1.165) is 18.4 Å². The van der Waals surface area contributed by atoms with Crippen molar-refractivity contribution < 1.29 is 9.53 Å². The molecule has 0 amide bonds. The van der Waals surface area contributed by atoms with E-state index >= 15 is 0 Å². The number of rotatable bonds is 3. The van der Waals surface area contributed by atoms with Crippen molar-refractivity contribution in [2.45, 2.75) is 12.8 Å². The fourth-order valence-electron chi connectivity index (χ4n) is 1.82. The molecule has 2 aromatic carbocycles. The van der Waals surface area contributed by atoms with Crippen LogP contribution >= 0.6 is 0 Å². The van der Waals surface area contributed by atoms with E-state index < -0.39 is 0 Å². The van der Waals surface area contributed by atoms with Crippen LogP contribution in [0.25, 0.3) is 0 Å². The second-order valence-electron chi connectivity index (χ2n) is 4.36. The Balaban J connectivity index is 1.91. The van der Waals surface area contributed by atoms with Gasteiger partial charge in [0.25, 0.3) is 0 Å². The zero-order valence-corrected chi connectivity index (χ0v) is 11.4. The lowest BCUT2D eigenvalue weighted by Crippen LogP contribution is -2.00. The second kappa shape index (κ2) is 7.16. The summed E-state index contributed by atoms with van der Waals surface area (Å²) in [5, 5.41) is 0. The van der Waals surface area contributed by atoms with Crippen LogP contribution in [0, 0.1) is 11.8 Å². The minimum atomic E-state index is -0.325. The minimum Gasteiger partial charge on any atom is -0.465 e. The van der Waals surface area contributed by atoms with E-state index in [0.29, 0.717) is 5.56 Å². The number of hydrogen-bond acceptors (Lipinski definition) is 2. The van der Waals surface area contributed by atoms with Crippen molar-refractivity contribution in [3.63, 3.8) is 0 Å². The molecule has 0 aliphatic carbocycles. The standard InChI is InChI=1S/C18H16O2/c1-20-18(19)17-13-11-16(12-14-17)10-6-5-9-15-7-3-2-4-8-15/h2-4,7-8,11-14H,5,9H2,1H3. The molecular formula is C18H16O2. The quantitative estimate of drug-likeness (QED) is 0.627. The molecule has 0 saturated heterocycles. The maximum absolute atomic E-state index is 11.3. The van der Waals surface area contributed by atoms with E-state index in [-0.39, 0.29) is 5.97 Å². The summed E-state index contributed by atoms with van der Waals surface area (Å²) < 4.78 is 4.65. The summed E-state index contributed by atoms with van der Waals surface area (Å²) in [4.78, 5) is 11.3. The van der Waals surface area contributed by atoms with Gasteiger partial charge in [0.2, 0.25) is 0 Å². The highest BCUT2D eigenvalue weighted by Crippen LogP contribution is 2.05. The zero-order valence-electron chi connectivity index (χ0n) is 11.4. The highest BCUT2D eigenvalue weighted by molar-refractivity contribution is 5.89. The van der Waals surface area contributed by atoms with E-state index in [1.807, 2.05) is 30.3 Å². The molecular weight excluding hydrogens is 248 g/mol. The van der Waals surface area contributed by atoms with Crippen molar-refractivity contribution in [1.29, 1.82) is 0 Å². The first-order chi connectivity index (χ1) is 9.79. The van der Waals surface area contributed by atoms with Gasteiger partial charge in [0.05, 0.1) is 12.7 Å². The number of benzene rings is 2. The van der Waals surface area contributed by atoms with Gasteiger partial charge in [-0.3, -0.25) is 0 Å². The Morgan fingerprint density at radius 3 is 2.40 bits per heavy atom. The van der Waals surface area contributed by atoms with Gasteiger partial charge in [0, 0.05) is 12.0 Å². The second-order valence-corrected chi connectivity index (χ2v) is 4.36. The lowest BCUT2D eigenvalue weighted by atomic mass is 10.1. The molecule has 20 heavy (non-hydrogen) atoms. The van der Waals surface area contributed by atoms with Crippen LogP contribution in [0.5, 0.6) is 0 Å². The number of methoxy groups -OCH3 is 1. The molecule has 2 heteroatoms. The Bertz CT molecular complexity index is 616. The van der Waals surface area contributed by atoms with Gasteiger partial charge in [-0.15, -0.1) is 0 Å². The molecule has 0 unspecified atom stereocenters. The Kier molecular flexibility index (Phi) is 4.97. The van der Waals surface area contributed by atoms with Gasteiger partial charge < -0.3 is 4.74 Å². The molecule has 0 fully saturated rings. The minimum absolute atomic E-state index is 0.325. The van der Waals surface area contributed by atoms with Crippen molar-refractivity contribution in [1.82, 2.24) is 0 Å². The summed E-state index contributed by atoms with van der Waals surface area (Å²) in [5.41, 5.74) is 2.75. The number of esters is 1. The van der Waals surface area contributed by atoms with Crippen LogP contribution in [-0.4, -0.2) is 13.1 Å². The molecule has 0 atom stereocenters. The average molecular weight is 264 g/mol. The van der Waals surface area contributed by atoms with E-state index in [4.69, 9.17) is 0 Å².